The van der Waals surface area contributed by atoms with E-state index in [1.165, 1.54) is 17.4 Å². The number of aromatic amines is 1. The van der Waals surface area contributed by atoms with Crippen LogP contribution >= 0.6 is 22.7 Å². The number of thiophene rings is 1. The summed E-state index contributed by atoms with van der Waals surface area (Å²) >= 11 is 2.26. The van der Waals surface area contributed by atoms with E-state index in [0.29, 0.717) is 14.1 Å². The first-order valence-electron chi connectivity index (χ1n) is 4.20. The van der Waals surface area contributed by atoms with Gasteiger partial charge in [-0.05, 0) is 12.1 Å². The van der Waals surface area contributed by atoms with Crippen molar-refractivity contribution in [2.24, 2.45) is 0 Å². The van der Waals surface area contributed by atoms with E-state index in [-0.39, 0.29) is 10.6 Å². The lowest BCUT2D eigenvalue weighted by Crippen LogP contribution is -2.19. The van der Waals surface area contributed by atoms with Crippen molar-refractivity contribution in [2.45, 2.75) is 0 Å². The van der Waals surface area contributed by atoms with Crippen LogP contribution in [0.25, 0.3) is 12.7 Å². The first kappa shape index (κ1) is 10.8. The summed E-state index contributed by atoms with van der Waals surface area (Å²) in [5.41, 5.74) is -0.217. The summed E-state index contributed by atoms with van der Waals surface area (Å²) in [5.74, 6) is 0. The van der Waals surface area contributed by atoms with Crippen molar-refractivity contribution >= 4 is 40.3 Å². The number of nitrogens with zero attached hydrogens (tertiary/aromatic N) is 1. The van der Waals surface area contributed by atoms with Gasteiger partial charge in [-0.15, -0.1) is 11.3 Å². The van der Waals surface area contributed by atoms with E-state index in [1.807, 2.05) is 0 Å². The molecule has 0 aliphatic rings. The summed E-state index contributed by atoms with van der Waals surface area (Å²) in [5, 5.41) is 10.5. The van der Waals surface area contributed by atoms with Crippen LogP contribution in [0.2, 0.25) is 0 Å². The third-order valence-electron chi connectivity index (χ3n) is 1.78. The molecule has 82 valence electrons. The van der Waals surface area contributed by atoms with Crippen molar-refractivity contribution in [3.05, 3.63) is 46.7 Å². The largest absolute Gasteiger partial charge is 0.324 e. The highest BCUT2D eigenvalue weighted by molar-refractivity contribution is 7.16. The Morgan fingerprint density at radius 1 is 1.44 bits per heavy atom. The van der Waals surface area contributed by atoms with Crippen LogP contribution < -0.4 is 14.8 Å². The fourth-order valence-corrected chi connectivity index (χ4v) is 2.71. The highest BCUT2D eigenvalue weighted by Gasteiger charge is 2.08. The van der Waals surface area contributed by atoms with Crippen molar-refractivity contribution in [3.8, 4) is 0 Å². The molecule has 0 aromatic carbocycles. The number of aromatic nitrogens is 1. The number of H-pyrrole nitrogens is 1. The lowest BCUT2D eigenvalue weighted by molar-refractivity contribution is -0.380. The Morgan fingerprint density at radius 2 is 2.19 bits per heavy atom. The monoisotopic (exact) mass is 254 g/mol. The number of hydrogen-bond acceptors (Lipinski definition) is 5. The molecule has 0 saturated carbocycles. The Kier molecular flexibility index (Phi) is 2.71. The average Bonchev–Trinajstić information content (AvgIpc) is 2.75. The molecule has 2 rings (SSSR count). The topological polar surface area (TPSA) is 76.0 Å². The number of rotatable bonds is 2. The van der Waals surface area contributed by atoms with Gasteiger partial charge in [0.1, 0.15) is 0 Å². The van der Waals surface area contributed by atoms with Gasteiger partial charge >= 0.3 is 5.00 Å². The molecule has 0 unspecified atom stereocenters. The SMILES string of the molecule is C=c1[nH]c(=O)/c(=C\c2ccc([N+](=O)[O-])s2)s1. The van der Waals surface area contributed by atoms with Gasteiger partial charge in [0, 0.05) is 10.9 Å². The zero-order valence-electron chi connectivity index (χ0n) is 7.93. The van der Waals surface area contributed by atoms with Crippen molar-refractivity contribution in [1.82, 2.24) is 4.98 Å². The lowest BCUT2D eigenvalue weighted by atomic mass is 10.4. The molecule has 0 radical (unpaired) electrons. The smallest absolute Gasteiger partial charge is 0.313 e. The van der Waals surface area contributed by atoms with Crippen molar-refractivity contribution in [1.29, 1.82) is 0 Å². The van der Waals surface area contributed by atoms with E-state index in [1.54, 1.807) is 12.1 Å². The summed E-state index contributed by atoms with van der Waals surface area (Å²) < 4.78 is 1.07. The van der Waals surface area contributed by atoms with Crippen LogP contribution in [-0.2, 0) is 0 Å². The molecule has 0 saturated heterocycles. The fourth-order valence-electron chi connectivity index (χ4n) is 1.13. The van der Waals surface area contributed by atoms with Crippen molar-refractivity contribution < 1.29 is 4.92 Å². The van der Waals surface area contributed by atoms with Crippen molar-refractivity contribution in [2.75, 3.05) is 0 Å². The van der Waals surface area contributed by atoms with Crippen LogP contribution in [0.3, 0.4) is 0 Å². The summed E-state index contributed by atoms with van der Waals surface area (Å²) in [6.45, 7) is 3.62. The van der Waals surface area contributed by atoms with Gasteiger partial charge in [-0.3, -0.25) is 14.9 Å². The molecular weight excluding hydrogens is 248 g/mol. The summed E-state index contributed by atoms with van der Waals surface area (Å²) in [6, 6.07) is 3.04. The molecule has 0 amide bonds. The minimum Gasteiger partial charge on any atom is -0.313 e. The van der Waals surface area contributed by atoms with Crippen molar-refractivity contribution in [3.63, 3.8) is 0 Å². The predicted molar refractivity (Wildman–Crippen MR) is 64.3 cm³/mol. The second kappa shape index (κ2) is 4.03. The Hall–Kier alpha value is -1.73. The first-order valence-corrected chi connectivity index (χ1v) is 5.83. The molecule has 0 atom stereocenters. The molecular formula is C9H6N2O3S2. The van der Waals surface area contributed by atoms with Crippen LogP contribution in [0.4, 0.5) is 5.00 Å². The second-order valence-corrected chi connectivity index (χ2v) is 5.15. The van der Waals surface area contributed by atoms with Gasteiger partial charge in [-0.25, -0.2) is 0 Å². The summed E-state index contributed by atoms with van der Waals surface area (Å²) in [4.78, 5) is 24.6. The van der Waals surface area contributed by atoms with Gasteiger partial charge in [0.25, 0.3) is 5.56 Å². The average molecular weight is 254 g/mol. The molecule has 16 heavy (non-hydrogen) atoms. The van der Waals surface area contributed by atoms with E-state index in [9.17, 15) is 14.9 Å². The van der Waals surface area contributed by atoms with E-state index in [4.69, 9.17) is 0 Å². The van der Waals surface area contributed by atoms with Crippen LogP contribution in [0.5, 0.6) is 0 Å². The minimum absolute atomic E-state index is 0.0640. The highest BCUT2D eigenvalue weighted by Crippen LogP contribution is 2.23. The zero-order chi connectivity index (χ0) is 11.7. The molecule has 2 aromatic heterocycles. The Bertz CT molecular complexity index is 695. The Labute approximate surface area is 97.2 Å². The molecule has 0 spiro atoms. The predicted octanol–water partition coefficient (Wildman–Crippen LogP) is 0.645. The molecule has 0 fully saturated rings. The quantitative estimate of drug-likeness (QED) is 0.631. The van der Waals surface area contributed by atoms with E-state index in [0.717, 1.165) is 11.3 Å². The first-order chi connectivity index (χ1) is 7.56. The molecule has 2 aromatic rings. The van der Waals surface area contributed by atoms with Crippen LogP contribution in [0, 0.1) is 10.1 Å². The molecule has 7 heteroatoms. The Balaban J connectivity index is 2.51. The number of nitrogens with one attached hydrogen (secondary N) is 1. The summed E-state index contributed by atoms with van der Waals surface area (Å²) in [6.07, 6.45) is 1.62. The van der Waals surface area contributed by atoms with Gasteiger partial charge in [0.15, 0.2) is 0 Å². The van der Waals surface area contributed by atoms with Gasteiger partial charge in [-0.1, -0.05) is 17.9 Å². The van der Waals surface area contributed by atoms with Crippen LogP contribution in [0.15, 0.2) is 16.9 Å². The maximum atomic E-state index is 11.3. The standard InChI is InChI=1S/C9H6N2O3S2/c1-5-10-9(12)7(15-5)4-6-2-3-8(16-6)11(13)14/h2-4H,1H2,(H,10,12)/b7-4+. The zero-order valence-corrected chi connectivity index (χ0v) is 9.56. The third-order valence-corrected chi connectivity index (χ3v) is 3.63. The molecule has 0 aliphatic heterocycles. The van der Waals surface area contributed by atoms with Crippen LogP contribution in [0.1, 0.15) is 4.88 Å². The Morgan fingerprint density at radius 3 is 2.69 bits per heavy atom. The molecule has 1 N–H and O–H groups in total. The maximum absolute atomic E-state index is 11.3. The van der Waals surface area contributed by atoms with Crippen LogP contribution in [-0.4, -0.2) is 9.91 Å². The number of thiazole rings is 1. The van der Waals surface area contributed by atoms with E-state index >= 15 is 0 Å². The maximum Gasteiger partial charge on any atom is 0.324 e. The van der Waals surface area contributed by atoms with Gasteiger partial charge in [0.2, 0.25) is 0 Å². The third kappa shape index (κ3) is 2.10. The highest BCUT2D eigenvalue weighted by atomic mass is 32.1. The normalized spacial score (nSPS) is 11.9. The molecule has 5 nitrogen and oxygen atoms in total. The lowest BCUT2D eigenvalue weighted by Gasteiger charge is -1.80. The number of hydrogen-bond donors (Lipinski definition) is 1. The fraction of sp³-hybridized carbons (Fsp3) is 0. The molecule has 2 heterocycles. The number of nitro groups is 1. The van der Waals surface area contributed by atoms with Gasteiger partial charge < -0.3 is 4.98 Å². The van der Waals surface area contributed by atoms with Gasteiger partial charge in [0.05, 0.1) is 14.1 Å². The molecule has 0 bridgehead atoms. The van der Waals surface area contributed by atoms with Gasteiger partial charge in [-0.2, -0.15) is 0 Å². The summed E-state index contributed by atoms with van der Waals surface area (Å²) in [7, 11) is 0. The van der Waals surface area contributed by atoms with E-state index < -0.39 is 4.92 Å². The minimum atomic E-state index is -0.451. The van der Waals surface area contributed by atoms with E-state index in [2.05, 4.69) is 11.6 Å². The second-order valence-electron chi connectivity index (χ2n) is 2.92. The molecule has 0 aliphatic carbocycles.